The van der Waals surface area contributed by atoms with Gasteiger partial charge in [0.05, 0.1) is 22.8 Å². The standard InChI is InChI=1S/C20H25N3O6/c1-19(2,3)29-18(27)22-8-6-20(28,7-9-22)13-4-5-15-14(10-13)17(26)23(12-21-15)11-16(24)25/h4-5,10,12,28H,6-9,11H2,1-3H3,(H,24,25). The van der Waals surface area contributed by atoms with E-state index < -0.39 is 35.4 Å². The van der Waals surface area contributed by atoms with E-state index in [0.717, 1.165) is 4.57 Å². The van der Waals surface area contributed by atoms with Gasteiger partial charge in [-0.1, -0.05) is 6.07 Å². The fraction of sp³-hybridized carbons (Fsp3) is 0.500. The number of hydrogen-bond donors (Lipinski definition) is 2. The lowest BCUT2D eigenvalue weighted by molar-refractivity contribution is -0.137. The van der Waals surface area contributed by atoms with Crippen LogP contribution in [0.25, 0.3) is 10.9 Å². The summed E-state index contributed by atoms with van der Waals surface area (Å²) in [6, 6.07) is 4.90. The van der Waals surface area contributed by atoms with Gasteiger partial charge in [-0.25, -0.2) is 9.78 Å². The Balaban J connectivity index is 1.83. The normalized spacial score (nSPS) is 16.6. The fourth-order valence-corrected chi connectivity index (χ4v) is 3.38. The van der Waals surface area contributed by atoms with Gasteiger partial charge in [0.15, 0.2) is 0 Å². The van der Waals surface area contributed by atoms with E-state index in [1.54, 1.807) is 43.9 Å². The number of aromatic nitrogens is 2. The quantitative estimate of drug-likeness (QED) is 0.800. The molecule has 1 aliphatic rings. The maximum atomic E-state index is 12.6. The first-order valence-electron chi connectivity index (χ1n) is 9.40. The summed E-state index contributed by atoms with van der Waals surface area (Å²) in [5.41, 5.74) is -1.30. The molecule has 156 valence electrons. The highest BCUT2D eigenvalue weighted by Gasteiger charge is 2.37. The van der Waals surface area contributed by atoms with Gasteiger partial charge in [0.2, 0.25) is 0 Å². The van der Waals surface area contributed by atoms with Crippen molar-refractivity contribution < 1.29 is 24.5 Å². The first kappa shape index (κ1) is 20.8. The number of piperidine rings is 1. The maximum Gasteiger partial charge on any atom is 0.410 e. The zero-order valence-electron chi connectivity index (χ0n) is 16.7. The number of likely N-dealkylation sites (tertiary alicyclic amines) is 1. The Labute approximate surface area is 167 Å². The molecule has 1 fully saturated rings. The Bertz CT molecular complexity index is 999. The second-order valence-electron chi connectivity index (χ2n) is 8.30. The van der Waals surface area contributed by atoms with E-state index in [0.29, 0.717) is 37.0 Å². The largest absolute Gasteiger partial charge is 0.480 e. The van der Waals surface area contributed by atoms with Crippen molar-refractivity contribution in [2.75, 3.05) is 13.1 Å². The average Bonchev–Trinajstić information content (AvgIpc) is 2.62. The van der Waals surface area contributed by atoms with Crippen molar-refractivity contribution in [1.29, 1.82) is 0 Å². The van der Waals surface area contributed by atoms with Crippen LogP contribution < -0.4 is 5.56 Å². The van der Waals surface area contributed by atoms with E-state index in [1.807, 2.05) is 0 Å². The van der Waals surface area contributed by atoms with Gasteiger partial charge in [-0.15, -0.1) is 0 Å². The van der Waals surface area contributed by atoms with E-state index in [4.69, 9.17) is 9.84 Å². The minimum absolute atomic E-state index is 0.245. The molecule has 0 saturated carbocycles. The summed E-state index contributed by atoms with van der Waals surface area (Å²) in [6.45, 7) is 5.54. The Morgan fingerprint density at radius 1 is 1.24 bits per heavy atom. The molecular formula is C20H25N3O6. The van der Waals surface area contributed by atoms with Gasteiger partial charge in [0, 0.05) is 13.1 Å². The molecule has 0 bridgehead atoms. The molecule has 2 N–H and O–H groups in total. The lowest BCUT2D eigenvalue weighted by Crippen LogP contribution is -2.46. The summed E-state index contributed by atoms with van der Waals surface area (Å²) in [6.07, 6.45) is 1.37. The van der Waals surface area contributed by atoms with Gasteiger partial charge in [0.25, 0.3) is 5.56 Å². The number of hydrogen-bond acceptors (Lipinski definition) is 6. The van der Waals surface area contributed by atoms with E-state index in [2.05, 4.69) is 4.98 Å². The number of carbonyl (C=O) groups excluding carboxylic acids is 1. The highest BCUT2D eigenvalue weighted by Crippen LogP contribution is 2.34. The van der Waals surface area contributed by atoms with Crippen LogP contribution in [0.5, 0.6) is 0 Å². The molecule has 0 aliphatic carbocycles. The number of fused-ring (bicyclic) bond motifs is 1. The van der Waals surface area contributed by atoms with Gasteiger partial charge < -0.3 is 19.8 Å². The molecule has 0 atom stereocenters. The minimum atomic E-state index is -1.20. The lowest BCUT2D eigenvalue weighted by atomic mass is 9.84. The van der Waals surface area contributed by atoms with Gasteiger partial charge in [-0.2, -0.15) is 0 Å². The zero-order chi connectivity index (χ0) is 21.4. The van der Waals surface area contributed by atoms with Crippen molar-refractivity contribution in [3.63, 3.8) is 0 Å². The SMILES string of the molecule is CC(C)(C)OC(=O)N1CCC(O)(c2ccc3ncn(CC(=O)O)c(=O)c3c2)CC1. The molecule has 29 heavy (non-hydrogen) atoms. The van der Waals surface area contributed by atoms with Gasteiger partial charge >= 0.3 is 12.1 Å². The summed E-state index contributed by atoms with van der Waals surface area (Å²) in [5, 5.41) is 20.3. The van der Waals surface area contributed by atoms with Crippen LogP contribution >= 0.6 is 0 Å². The van der Waals surface area contributed by atoms with Crippen molar-refractivity contribution >= 4 is 23.0 Å². The highest BCUT2D eigenvalue weighted by atomic mass is 16.6. The number of nitrogens with zero attached hydrogens (tertiary/aromatic N) is 3. The molecule has 0 radical (unpaired) electrons. The number of carbonyl (C=O) groups is 2. The monoisotopic (exact) mass is 403 g/mol. The Kier molecular flexibility index (Phi) is 5.36. The predicted octanol–water partition coefficient (Wildman–Crippen LogP) is 1.70. The molecule has 0 spiro atoms. The molecule has 9 nitrogen and oxygen atoms in total. The summed E-state index contributed by atoms with van der Waals surface area (Å²) in [5.74, 6) is -1.14. The van der Waals surface area contributed by atoms with Crippen molar-refractivity contribution in [1.82, 2.24) is 14.5 Å². The van der Waals surface area contributed by atoms with Crippen LogP contribution in [0.15, 0.2) is 29.3 Å². The van der Waals surface area contributed by atoms with Crippen molar-refractivity contribution in [3.8, 4) is 0 Å². The third-order valence-electron chi connectivity index (χ3n) is 4.91. The van der Waals surface area contributed by atoms with E-state index in [9.17, 15) is 19.5 Å². The Hall–Kier alpha value is -2.94. The summed E-state index contributed by atoms with van der Waals surface area (Å²) >= 11 is 0. The van der Waals surface area contributed by atoms with Gasteiger partial charge in [0.1, 0.15) is 12.1 Å². The lowest BCUT2D eigenvalue weighted by Gasteiger charge is -2.39. The van der Waals surface area contributed by atoms with E-state index in [1.165, 1.54) is 6.33 Å². The number of aliphatic hydroxyl groups is 1. The molecule has 2 aromatic rings. The maximum absolute atomic E-state index is 12.6. The minimum Gasteiger partial charge on any atom is -0.480 e. The Morgan fingerprint density at radius 3 is 2.48 bits per heavy atom. The topological polar surface area (TPSA) is 122 Å². The third kappa shape index (κ3) is 4.56. The van der Waals surface area contributed by atoms with Crippen LogP contribution in [0.3, 0.4) is 0 Å². The number of aliphatic carboxylic acids is 1. The number of carboxylic acids is 1. The van der Waals surface area contributed by atoms with Gasteiger partial charge in [-0.3, -0.25) is 14.2 Å². The van der Waals surface area contributed by atoms with Crippen molar-refractivity contribution in [2.24, 2.45) is 0 Å². The molecule has 0 unspecified atom stereocenters. The highest BCUT2D eigenvalue weighted by molar-refractivity contribution is 5.79. The van der Waals surface area contributed by atoms with E-state index in [-0.39, 0.29) is 5.39 Å². The Morgan fingerprint density at radius 2 is 1.90 bits per heavy atom. The average molecular weight is 403 g/mol. The molecule has 2 heterocycles. The predicted molar refractivity (Wildman–Crippen MR) is 105 cm³/mol. The third-order valence-corrected chi connectivity index (χ3v) is 4.91. The summed E-state index contributed by atoms with van der Waals surface area (Å²) in [4.78, 5) is 41.4. The molecule has 3 rings (SSSR count). The van der Waals surface area contributed by atoms with Crippen LogP contribution in [-0.4, -0.2) is 55.4 Å². The fourth-order valence-electron chi connectivity index (χ4n) is 3.38. The first-order valence-corrected chi connectivity index (χ1v) is 9.40. The number of carboxylic acid groups (broad SMARTS) is 1. The number of ether oxygens (including phenoxy) is 1. The van der Waals surface area contributed by atoms with Gasteiger partial charge in [-0.05, 0) is 51.3 Å². The summed E-state index contributed by atoms with van der Waals surface area (Å²) in [7, 11) is 0. The summed E-state index contributed by atoms with van der Waals surface area (Å²) < 4.78 is 6.39. The van der Waals surface area contributed by atoms with Crippen LogP contribution in [0.2, 0.25) is 0 Å². The zero-order valence-corrected chi connectivity index (χ0v) is 16.7. The second-order valence-corrected chi connectivity index (χ2v) is 8.30. The second kappa shape index (κ2) is 7.47. The first-order chi connectivity index (χ1) is 13.5. The number of amides is 1. The molecule has 1 saturated heterocycles. The molecule has 1 aromatic heterocycles. The van der Waals surface area contributed by atoms with Crippen LogP contribution in [0, 0.1) is 0 Å². The smallest absolute Gasteiger partial charge is 0.410 e. The van der Waals surface area contributed by atoms with Crippen LogP contribution in [-0.2, 0) is 21.7 Å². The molecule has 1 aliphatic heterocycles. The molecule has 9 heteroatoms. The number of benzene rings is 1. The van der Waals surface area contributed by atoms with Crippen LogP contribution in [0.1, 0.15) is 39.2 Å². The number of rotatable bonds is 3. The van der Waals surface area contributed by atoms with Crippen LogP contribution in [0.4, 0.5) is 4.79 Å². The molecule has 1 amide bonds. The molecular weight excluding hydrogens is 378 g/mol. The van der Waals surface area contributed by atoms with Crippen molar-refractivity contribution in [2.45, 2.75) is 51.4 Å². The van der Waals surface area contributed by atoms with Crippen molar-refractivity contribution in [3.05, 3.63) is 40.4 Å². The molecule has 1 aromatic carbocycles. The van der Waals surface area contributed by atoms with E-state index >= 15 is 0 Å².